The quantitative estimate of drug-likeness (QED) is 0.775. The predicted octanol–water partition coefficient (Wildman–Crippen LogP) is 3.39. The summed E-state index contributed by atoms with van der Waals surface area (Å²) >= 11 is 0. The van der Waals surface area contributed by atoms with Gasteiger partial charge >= 0.3 is 0 Å². The maximum atomic E-state index is 13.6. The summed E-state index contributed by atoms with van der Waals surface area (Å²) in [5, 5.41) is 0. The minimum atomic E-state index is -0.172. The molecule has 1 aromatic heterocycles. The average Bonchev–Trinajstić information content (AvgIpc) is 2.58. The lowest BCUT2D eigenvalue weighted by Crippen LogP contribution is -2.31. The van der Waals surface area contributed by atoms with Crippen LogP contribution in [-0.2, 0) is 4.74 Å². The molecule has 4 heteroatoms. The standard InChI is InChI=1S/C12H13FN2O.C2H6/c1-7-3-11-12(4-10(7)13)15(8(2)14-11)9-5-16-6-9;1-2/h3-4,9H,5-6H2,1-2H3;1-2H3. The van der Waals surface area contributed by atoms with Crippen LogP contribution in [0.2, 0.25) is 0 Å². The molecule has 3 nitrogen and oxygen atoms in total. The second-order valence-corrected chi connectivity index (χ2v) is 4.31. The summed E-state index contributed by atoms with van der Waals surface area (Å²) in [4.78, 5) is 4.46. The number of nitrogens with zero attached hydrogens (tertiary/aromatic N) is 2. The van der Waals surface area contributed by atoms with Gasteiger partial charge in [0.1, 0.15) is 11.6 Å². The van der Waals surface area contributed by atoms with Gasteiger partial charge in [-0.05, 0) is 25.5 Å². The van der Waals surface area contributed by atoms with Crippen molar-refractivity contribution in [3.8, 4) is 0 Å². The molecule has 1 aliphatic heterocycles. The molecule has 0 atom stereocenters. The number of aromatic nitrogens is 2. The highest BCUT2D eigenvalue weighted by molar-refractivity contribution is 5.77. The molecule has 1 fully saturated rings. The predicted molar refractivity (Wildman–Crippen MR) is 70.4 cm³/mol. The van der Waals surface area contributed by atoms with Crippen LogP contribution < -0.4 is 0 Å². The van der Waals surface area contributed by atoms with Gasteiger partial charge in [-0.1, -0.05) is 13.8 Å². The number of rotatable bonds is 1. The minimum absolute atomic E-state index is 0.172. The zero-order valence-corrected chi connectivity index (χ0v) is 11.3. The van der Waals surface area contributed by atoms with Crippen LogP contribution >= 0.6 is 0 Å². The van der Waals surface area contributed by atoms with Gasteiger partial charge in [-0.3, -0.25) is 0 Å². The number of halogens is 1. The average molecular weight is 250 g/mol. The Labute approximate surface area is 107 Å². The van der Waals surface area contributed by atoms with Gasteiger partial charge in [0.25, 0.3) is 0 Å². The van der Waals surface area contributed by atoms with Crippen LogP contribution in [0.25, 0.3) is 11.0 Å². The van der Waals surface area contributed by atoms with E-state index in [9.17, 15) is 4.39 Å². The van der Waals surface area contributed by atoms with Gasteiger partial charge in [0.05, 0.1) is 30.3 Å². The Balaban J connectivity index is 0.000000574. The first-order chi connectivity index (χ1) is 8.66. The molecule has 0 aliphatic carbocycles. The third-order valence-electron chi connectivity index (χ3n) is 3.13. The summed E-state index contributed by atoms with van der Waals surface area (Å²) < 4.78 is 20.8. The summed E-state index contributed by atoms with van der Waals surface area (Å²) in [6, 6.07) is 3.68. The van der Waals surface area contributed by atoms with Crippen molar-refractivity contribution < 1.29 is 9.13 Å². The van der Waals surface area contributed by atoms with E-state index in [1.165, 1.54) is 0 Å². The van der Waals surface area contributed by atoms with Gasteiger partial charge in [-0.25, -0.2) is 9.37 Å². The number of hydrogen-bond donors (Lipinski definition) is 0. The highest BCUT2D eigenvalue weighted by Crippen LogP contribution is 2.27. The molecule has 18 heavy (non-hydrogen) atoms. The van der Waals surface area contributed by atoms with Crippen molar-refractivity contribution >= 4 is 11.0 Å². The Hall–Kier alpha value is -1.42. The van der Waals surface area contributed by atoms with Crippen LogP contribution in [0.1, 0.15) is 31.3 Å². The van der Waals surface area contributed by atoms with E-state index < -0.39 is 0 Å². The molecule has 0 N–H and O–H groups in total. The first-order valence-corrected chi connectivity index (χ1v) is 6.39. The molecule has 1 saturated heterocycles. The third kappa shape index (κ3) is 2.01. The van der Waals surface area contributed by atoms with Crippen molar-refractivity contribution in [2.75, 3.05) is 13.2 Å². The Morgan fingerprint density at radius 1 is 1.28 bits per heavy atom. The highest BCUT2D eigenvalue weighted by Gasteiger charge is 2.24. The van der Waals surface area contributed by atoms with Gasteiger partial charge in [0.15, 0.2) is 0 Å². The molecule has 0 saturated carbocycles. The molecular weight excluding hydrogens is 231 g/mol. The summed E-state index contributed by atoms with van der Waals surface area (Å²) in [6.45, 7) is 9.10. The molecule has 0 bridgehead atoms. The molecule has 3 rings (SSSR count). The van der Waals surface area contributed by atoms with Crippen LogP contribution in [0.3, 0.4) is 0 Å². The third-order valence-corrected chi connectivity index (χ3v) is 3.13. The van der Waals surface area contributed by atoms with Crippen molar-refractivity contribution in [1.29, 1.82) is 0 Å². The van der Waals surface area contributed by atoms with Gasteiger partial charge in [-0.2, -0.15) is 0 Å². The zero-order valence-electron chi connectivity index (χ0n) is 11.3. The summed E-state index contributed by atoms with van der Waals surface area (Å²) in [5.41, 5.74) is 2.37. The number of fused-ring (bicyclic) bond motifs is 1. The Kier molecular flexibility index (Phi) is 3.66. The van der Waals surface area contributed by atoms with E-state index in [4.69, 9.17) is 4.74 Å². The van der Waals surface area contributed by atoms with Crippen LogP contribution in [0, 0.1) is 19.7 Å². The molecular formula is C14H19FN2O. The van der Waals surface area contributed by atoms with Crippen molar-refractivity contribution in [1.82, 2.24) is 9.55 Å². The monoisotopic (exact) mass is 250 g/mol. The van der Waals surface area contributed by atoms with Crippen LogP contribution in [-0.4, -0.2) is 22.8 Å². The van der Waals surface area contributed by atoms with E-state index in [-0.39, 0.29) is 5.82 Å². The lowest BCUT2D eigenvalue weighted by molar-refractivity contribution is -0.0224. The molecule has 98 valence electrons. The molecule has 2 aromatic rings. The summed E-state index contributed by atoms with van der Waals surface area (Å²) in [5.74, 6) is 0.752. The van der Waals surface area contributed by atoms with E-state index >= 15 is 0 Å². The number of benzene rings is 1. The van der Waals surface area contributed by atoms with Gasteiger partial charge < -0.3 is 9.30 Å². The van der Waals surface area contributed by atoms with Crippen molar-refractivity contribution in [3.05, 3.63) is 29.3 Å². The number of hydrogen-bond acceptors (Lipinski definition) is 2. The maximum Gasteiger partial charge on any atom is 0.128 e. The maximum absolute atomic E-state index is 13.6. The SMILES string of the molecule is CC.Cc1cc2nc(C)n(C3COC3)c2cc1F. The first kappa shape index (κ1) is 13.0. The largest absolute Gasteiger partial charge is 0.377 e. The zero-order chi connectivity index (χ0) is 13.3. The lowest BCUT2D eigenvalue weighted by atomic mass is 10.2. The van der Waals surface area contributed by atoms with Gasteiger partial charge in [-0.15, -0.1) is 0 Å². The van der Waals surface area contributed by atoms with E-state index in [1.807, 2.05) is 20.8 Å². The van der Waals surface area contributed by atoms with Crippen molar-refractivity contribution in [3.63, 3.8) is 0 Å². The van der Waals surface area contributed by atoms with E-state index in [0.29, 0.717) is 24.8 Å². The normalized spacial score (nSPS) is 15.2. The van der Waals surface area contributed by atoms with E-state index in [1.54, 1.807) is 19.1 Å². The smallest absolute Gasteiger partial charge is 0.128 e. The Bertz CT molecular complexity index is 558. The number of aryl methyl sites for hydroxylation is 2. The van der Waals surface area contributed by atoms with Gasteiger partial charge in [0, 0.05) is 6.07 Å². The molecule has 0 spiro atoms. The number of imidazole rings is 1. The van der Waals surface area contributed by atoms with Crippen LogP contribution in [0.4, 0.5) is 4.39 Å². The molecule has 0 amide bonds. The molecule has 1 aliphatic rings. The fourth-order valence-electron chi connectivity index (χ4n) is 2.17. The topological polar surface area (TPSA) is 27.1 Å². The van der Waals surface area contributed by atoms with Gasteiger partial charge in [0.2, 0.25) is 0 Å². The molecule has 2 heterocycles. The second kappa shape index (κ2) is 5.06. The fraction of sp³-hybridized carbons (Fsp3) is 0.500. The second-order valence-electron chi connectivity index (χ2n) is 4.31. The van der Waals surface area contributed by atoms with Crippen molar-refractivity contribution in [2.45, 2.75) is 33.7 Å². The Morgan fingerprint density at radius 2 is 1.94 bits per heavy atom. The van der Waals surface area contributed by atoms with E-state index in [0.717, 1.165) is 16.9 Å². The number of ether oxygens (including phenoxy) is 1. The molecule has 0 radical (unpaired) electrons. The van der Waals surface area contributed by atoms with Crippen LogP contribution in [0.5, 0.6) is 0 Å². The Morgan fingerprint density at radius 3 is 2.50 bits per heavy atom. The molecule has 0 unspecified atom stereocenters. The van der Waals surface area contributed by atoms with Crippen molar-refractivity contribution in [2.24, 2.45) is 0 Å². The lowest BCUT2D eigenvalue weighted by Gasteiger charge is -2.28. The molecule has 1 aromatic carbocycles. The highest BCUT2D eigenvalue weighted by atomic mass is 19.1. The first-order valence-electron chi connectivity index (χ1n) is 6.39. The van der Waals surface area contributed by atoms with Crippen LogP contribution in [0.15, 0.2) is 12.1 Å². The summed E-state index contributed by atoms with van der Waals surface area (Å²) in [6.07, 6.45) is 0. The minimum Gasteiger partial charge on any atom is -0.377 e. The fourth-order valence-corrected chi connectivity index (χ4v) is 2.17. The van der Waals surface area contributed by atoms with E-state index in [2.05, 4.69) is 9.55 Å². The summed E-state index contributed by atoms with van der Waals surface area (Å²) in [7, 11) is 0.